The third-order valence-electron chi connectivity index (χ3n) is 2.45. The zero-order valence-electron chi connectivity index (χ0n) is 11.7. The Labute approximate surface area is 140 Å². The van der Waals surface area contributed by atoms with Gasteiger partial charge in [-0.3, -0.25) is 0 Å². The molecule has 0 radical (unpaired) electrons. The Morgan fingerprint density at radius 1 is 1.14 bits per heavy atom. The van der Waals surface area contributed by atoms with Gasteiger partial charge in [0.2, 0.25) is 11.9 Å². The number of nitrogens with one attached hydrogen (secondary N) is 2. The lowest BCUT2D eigenvalue weighted by molar-refractivity contribution is 0.292. The number of aromatic nitrogens is 3. The second-order valence-corrected chi connectivity index (χ2v) is 5.88. The largest absolute Gasteiger partial charge is 0.463 e. The smallest absolute Gasteiger partial charge is 0.323 e. The van der Waals surface area contributed by atoms with Gasteiger partial charge in [-0.05, 0) is 40.5 Å². The van der Waals surface area contributed by atoms with E-state index in [2.05, 4.69) is 57.4 Å². The van der Waals surface area contributed by atoms with Gasteiger partial charge in [-0.1, -0.05) is 22.9 Å². The van der Waals surface area contributed by atoms with Gasteiger partial charge in [-0.2, -0.15) is 15.0 Å². The van der Waals surface area contributed by atoms with E-state index >= 15 is 0 Å². The standard InChI is InChI=1S/C13H15Br2N5O/c1-3-6-21-13-19-11(16-2)18-12(20-13)17-10-7-8(14)4-5-9(10)15/h4-5,7H,3,6H2,1-2H3,(H2,16,17,18,19,20). The molecule has 6 nitrogen and oxygen atoms in total. The van der Waals surface area contributed by atoms with E-state index in [-0.39, 0.29) is 0 Å². The summed E-state index contributed by atoms with van der Waals surface area (Å²) in [5, 5.41) is 6.04. The number of rotatable bonds is 6. The van der Waals surface area contributed by atoms with Crippen LogP contribution < -0.4 is 15.4 Å². The van der Waals surface area contributed by atoms with Crippen molar-refractivity contribution < 1.29 is 4.74 Å². The highest BCUT2D eigenvalue weighted by Crippen LogP contribution is 2.28. The van der Waals surface area contributed by atoms with Gasteiger partial charge >= 0.3 is 6.01 Å². The lowest BCUT2D eigenvalue weighted by Gasteiger charge is -2.10. The first-order valence-electron chi connectivity index (χ1n) is 6.41. The van der Waals surface area contributed by atoms with Crippen molar-refractivity contribution in [1.29, 1.82) is 0 Å². The monoisotopic (exact) mass is 415 g/mol. The first-order chi connectivity index (χ1) is 10.1. The van der Waals surface area contributed by atoms with Crippen molar-refractivity contribution in [2.24, 2.45) is 0 Å². The summed E-state index contributed by atoms with van der Waals surface area (Å²) in [7, 11) is 1.75. The Balaban J connectivity index is 2.27. The van der Waals surface area contributed by atoms with E-state index in [4.69, 9.17) is 4.74 Å². The van der Waals surface area contributed by atoms with Crippen LogP contribution in [0.15, 0.2) is 27.1 Å². The maximum atomic E-state index is 5.47. The fourth-order valence-electron chi connectivity index (χ4n) is 1.50. The highest BCUT2D eigenvalue weighted by molar-refractivity contribution is 9.11. The van der Waals surface area contributed by atoms with E-state index in [1.54, 1.807) is 7.05 Å². The number of anilines is 3. The van der Waals surface area contributed by atoms with Crippen LogP contribution in [0.4, 0.5) is 17.6 Å². The quantitative estimate of drug-likeness (QED) is 0.742. The summed E-state index contributed by atoms with van der Waals surface area (Å²) in [5.74, 6) is 0.865. The topological polar surface area (TPSA) is 72.0 Å². The molecule has 0 spiro atoms. The minimum Gasteiger partial charge on any atom is -0.463 e. The predicted molar refractivity (Wildman–Crippen MR) is 90.3 cm³/mol. The summed E-state index contributed by atoms with van der Waals surface area (Å²) in [5.41, 5.74) is 0.846. The van der Waals surface area contributed by atoms with E-state index in [1.807, 2.05) is 25.1 Å². The number of halogens is 2. The second-order valence-electron chi connectivity index (χ2n) is 4.11. The van der Waals surface area contributed by atoms with E-state index in [9.17, 15) is 0 Å². The van der Waals surface area contributed by atoms with Crippen LogP contribution in [0.25, 0.3) is 0 Å². The Morgan fingerprint density at radius 2 is 1.90 bits per heavy atom. The first-order valence-corrected chi connectivity index (χ1v) is 7.99. The van der Waals surface area contributed by atoms with E-state index in [0.29, 0.717) is 24.5 Å². The van der Waals surface area contributed by atoms with E-state index < -0.39 is 0 Å². The molecule has 0 unspecified atom stereocenters. The van der Waals surface area contributed by atoms with Crippen molar-refractivity contribution in [3.05, 3.63) is 27.1 Å². The van der Waals surface area contributed by atoms with Gasteiger partial charge in [0.1, 0.15) is 0 Å². The Hall–Kier alpha value is -1.41. The van der Waals surface area contributed by atoms with Crippen molar-refractivity contribution >= 4 is 49.4 Å². The zero-order valence-corrected chi connectivity index (χ0v) is 14.8. The molecule has 0 atom stereocenters. The molecule has 0 aliphatic carbocycles. The molecule has 2 aromatic rings. The van der Waals surface area contributed by atoms with Gasteiger partial charge in [-0.25, -0.2) is 0 Å². The normalized spacial score (nSPS) is 10.3. The molecule has 112 valence electrons. The van der Waals surface area contributed by atoms with Crippen molar-refractivity contribution in [3.8, 4) is 6.01 Å². The fraction of sp³-hybridized carbons (Fsp3) is 0.308. The maximum absolute atomic E-state index is 5.47. The molecule has 1 aromatic carbocycles. The lowest BCUT2D eigenvalue weighted by Crippen LogP contribution is -2.07. The van der Waals surface area contributed by atoms with Crippen molar-refractivity contribution in [1.82, 2.24) is 15.0 Å². The van der Waals surface area contributed by atoms with E-state index in [1.165, 1.54) is 0 Å². The summed E-state index contributed by atoms with van der Waals surface area (Å²) < 4.78 is 7.33. The number of benzene rings is 1. The summed E-state index contributed by atoms with van der Waals surface area (Å²) in [6.45, 7) is 2.59. The van der Waals surface area contributed by atoms with Crippen LogP contribution in [0, 0.1) is 0 Å². The van der Waals surface area contributed by atoms with E-state index in [0.717, 1.165) is 21.1 Å². The van der Waals surface area contributed by atoms with Gasteiger partial charge in [0.05, 0.1) is 12.3 Å². The zero-order chi connectivity index (χ0) is 15.2. The summed E-state index contributed by atoms with van der Waals surface area (Å²) in [4.78, 5) is 12.7. The molecule has 2 rings (SSSR count). The van der Waals surface area contributed by atoms with Crippen LogP contribution in [0.1, 0.15) is 13.3 Å². The van der Waals surface area contributed by atoms with Crippen LogP contribution in [0.3, 0.4) is 0 Å². The molecular formula is C13H15Br2N5O. The van der Waals surface area contributed by atoms with Crippen LogP contribution in [0.2, 0.25) is 0 Å². The highest BCUT2D eigenvalue weighted by Gasteiger charge is 2.09. The molecule has 21 heavy (non-hydrogen) atoms. The minimum atomic E-state index is 0.296. The van der Waals surface area contributed by atoms with Gasteiger partial charge in [0, 0.05) is 16.0 Å². The third-order valence-corrected chi connectivity index (χ3v) is 3.63. The highest BCUT2D eigenvalue weighted by atomic mass is 79.9. The molecule has 0 bridgehead atoms. The molecule has 0 fully saturated rings. The molecule has 0 amide bonds. The molecule has 0 aliphatic rings. The molecule has 0 saturated heterocycles. The van der Waals surface area contributed by atoms with Gasteiger partial charge in [0.25, 0.3) is 0 Å². The SMILES string of the molecule is CCCOc1nc(NC)nc(Nc2cc(Br)ccc2Br)n1. The van der Waals surface area contributed by atoms with Crippen LogP contribution in [0.5, 0.6) is 6.01 Å². The molecule has 0 aliphatic heterocycles. The number of hydrogen-bond acceptors (Lipinski definition) is 6. The number of hydrogen-bond donors (Lipinski definition) is 2. The van der Waals surface area contributed by atoms with Gasteiger partial charge < -0.3 is 15.4 Å². The second kappa shape index (κ2) is 7.56. The Kier molecular flexibility index (Phi) is 5.75. The average Bonchev–Trinajstić information content (AvgIpc) is 2.48. The summed E-state index contributed by atoms with van der Waals surface area (Å²) >= 11 is 6.92. The molecular weight excluding hydrogens is 402 g/mol. The molecule has 1 heterocycles. The average molecular weight is 417 g/mol. The van der Waals surface area contributed by atoms with Crippen LogP contribution in [-0.4, -0.2) is 28.6 Å². The Bertz CT molecular complexity index is 624. The van der Waals surface area contributed by atoms with Gasteiger partial charge in [0.15, 0.2) is 0 Å². The predicted octanol–water partition coefficient (Wildman–Crippen LogP) is 3.97. The molecule has 1 aromatic heterocycles. The third kappa shape index (κ3) is 4.53. The molecule has 2 N–H and O–H groups in total. The Morgan fingerprint density at radius 3 is 2.62 bits per heavy atom. The molecule has 8 heteroatoms. The van der Waals surface area contributed by atoms with Crippen molar-refractivity contribution in [3.63, 3.8) is 0 Å². The maximum Gasteiger partial charge on any atom is 0.323 e. The first kappa shape index (κ1) is 16.0. The van der Waals surface area contributed by atoms with Crippen molar-refractivity contribution in [2.75, 3.05) is 24.3 Å². The summed E-state index contributed by atoms with van der Waals surface area (Å²) in [6, 6.07) is 6.10. The van der Waals surface area contributed by atoms with Crippen molar-refractivity contribution in [2.45, 2.75) is 13.3 Å². The van der Waals surface area contributed by atoms with Crippen LogP contribution >= 0.6 is 31.9 Å². The minimum absolute atomic E-state index is 0.296. The number of ether oxygens (including phenoxy) is 1. The fourth-order valence-corrected chi connectivity index (χ4v) is 2.20. The molecule has 0 saturated carbocycles. The van der Waals surface area contributed by atoms with Crippen LogP contribution in [-0.2, 0) is 0 Å². The van der Waals surface area contributed by atoms with Gasteiger partial charge in [-0.15, -0.1) is 0 Å². The number of nitrogens with zero attached hydrogens (tertiary/aromatic N) is 3. The lowest BCUT2D eigenvalue weighted by atomic mass is 10.3. The summed E-state index contributed by atoms with van der Waals surface area (Å²) in [6.07, 6.45) is 0.889.